The molecule has 0 radical (unpaired) electrons. The minimum Gasteiger partial charge on any atom is -0.306 e. The van der Waals surface area contributed by atoms with Gasteiger partial charge in [0.05, 0.1) is 6.04 Å². The van der Waals surface area contributed by atoms with Gasteiger partial charge in [-0.1, -0.05) is 36.7 Å². The fourth-order valence-corrected chi connectivity index (χ4v) is 2.50. The van der Waals surface area contributed by atoms with Crippen molar-refractivity contribution < 1.29 is 0 Å². The van der Waals surface area contributed by atoms with E-state index in [0.717, 1.165) is 22.7 Å². The first-order chi connectivity index (χ1) is 9.15. The fourth-order valence-electron chi connectivity index (χ4n) is 2.26. The number of rotatable bonds is 4. The van der Waals surface area contributed by atoms with E-state index in [-0.39, 0.29) is 6.04 Å². The van der Waals surface area contributed by atoms with Crippen LogP contribution in [-0.2, 0) is 0 Å². The molecule has 1 aromatic heterocycles. The molecule has 0 saturated heterocycles. The van der Waals surface area contributed by atoms with Crippen molar-refractivity contribution in [2.75, 3.05) is 6.54 Å². The molecule has 0 aliphatic carbocycles. The number of aromatic nitrogens is 1. The highest BCUT2D eigenvalue weighted by atomic mass is 35.5. The molecule has 0 aliphatic heterocycles. The summed E-state index contributed by atoms with van der Waals surface area (Å²) >= 11 is 6.47. The standard InChI is InChI=1S/C16H19ClN2/c1-4-19-16(14-10-18-9-8-11(14)2)13-7-5-6-12(3)15(13)17/h5-10,16,19H,4H2,1-3H3. The lowest BCUT2D eigenvalue weighted by atomic mass is 9.95. The smallest absolute Gasteiger partial charge is 0.0609 e. The molecule has 1 N–H and O–H groups in total. The number of hydrogen-bond donors (Lipinski definition) is 1. The van der Waals surface area contributed by atoms with Crippen LogP contribution in [0, 0.1) is 13.8 Å². The second kappa shape index (κ2) is 6.18. The third-order valence-electron chi connectivity index (χ3n) is 3.33. The van der Waals surface area contributed by atoms with E-state index in [0.29, 0.717) is 0 Å². The van der Waals surface area contributed by atoms with Crippen LogP contribution in [0.1, 0.15) is 35.2 Å². The summed E-state index contributed by atoms with van der Waals surface area (Å²) in [7, 11) is 0. The minimum atomic E-state index is 0.0890. The molecule has 2 aromatic rings. The molecule has 1 heterocycles. The van der Waals surface area contributed by atoms with Gasteiger partial charge < -0.3 is 5.32 Å². The molecule has 0 aliphatic rings. The third kappa shape index (κ3) is 2.96. The molecular weight excluding hydrogens is 256 g/mol. The predicted octanol–water partition coefficient (Wildman–Crippen LogP) is 4.05. The first-order valence-corrected chi connectivity index (χ1v) is 6.91. The Morgan fingerprint density at radius 2 is 1.95 bits per heavy atom. The van der Waals surface area contributed by atoms with Crippen molar-refractivity contribution in [3.05, 3.63) is 63.9 Å². The summed E-state index contributed by atoms with van der Waals surface area (Å²) < 4.78 is 0. The normalized spacial score (nSPS) is 12.4. The Hall–Kier alpha value is -1.38. The molecule has 3 heteroatoms. The van der Waals surface area contributed by atoms with Gasteiger partial charge in [0.1, 0.15) is 0 Å². The van der Waals surface area contributed by atoms with Crippen LogP contribution in [0.4, 0.5) is 0 Å². The SMILES string of the molecule is CCNC(c1cnccc1C)c1cccc(C)c1Cl. The summed E-state index contributed by atoms with van der Waals surface area (Å²) in [5.74, 6) is 0. The average molecular weight is 275 g/mol. The van der Waals surface area contributed by atoms with Gasteiger partial charge in [-0.15, -0.1) is 0 Å². The van der Waals surface area contributed by atoms with Gasteiger partial charge in [0.2, 0.25) is 0 Å². The number of aryl methyl sites for hydroxylation is 2. The van der Waals surface area contributed by atoms with E-state index < -0.39 is 0 Å². The number of halogens is 1. The Morgan fingerprint density at radius 3 is 2.63 bits per heavy atom. The van der Waals surface area contributed by atoms with Crippen molar-refractivity contribution in [3.8, 4) is 0 Å². The van der Waals surface area contributed by atoms with Crippen molar-refractivity contribution in [1.82, 2.24) is 10.3 Å². The zero-order chi connectivity index (χ0) is 13.8. The van der Waals surface area contributed by atoms with Crippen LogP contribution >= 0.6 is 11.6 Å². The molecule has 1 atom stereocenters. The summed E-state index contributed by atoms with van der Waals surface area (Å²) in [6.45, 7) is 7.11. The monoisotopic (exact) mass is 274 g/mol. The molecule has 1 unspecified atom stereocenters. The van der Waals surface area contributed by atoms with Gasteiger partial charge in [-0.2, -0.15) is 0 Å². The third-order valence-corrected chi connectivity index (χ3v) is 3.85. The summed E-state index contributed by atoms with van der Waals surface area (Å²) in [5, 5.41) is 4.33. The molecule has 1 aromatic carbocycles. The summed E-state index contributed by atoms with van der Waals surface area (Å²) in [5.41, 5.74) is 4.61. The van der Waals surface area contributed by atoms with Crippen LogP contribution in [0.25, 0.3) is 0 Å². The van der Waals surface area contributed by atoms with Gasteiger partial charge in [-0.3, -0.25) is 4.98 Å². The lowest BCUT2D eigenvalue weighted by Crippen LogP contribution is -2.23. The second-order valence-corrected chi connectivity index (χ2v) is 5.08. The average Bonchev–Trinajstić information content (AvgIpc) is 2.41. The van der Waals surface area contributed by atoms with Gasteiger partial charge in [0.25, 0.3) is 0 Å². The van der Waals surface area contributed by atoms with E-state index in [9.17, 15) is 0 Å². The van der Waals surface area contributed by atoms with Gasteiger partial charge in [0.15, 0.2) is 0 Å². The van der Waals surface area contributed by atoms with Gasteiger partial charge in [0, 0.05) is 17.4 Å². The van der Waals surface area contributed by atoms with Gasteiger partial charge >= 0.3 is 0 Å². The zero-order valence-electron chi connectivity index (χ0n) is 11.6. The highest BCUT2D eigenvalue weighted by Gasteiger charge is 2.18. The Morgan fingerprint density at radius 1 is 1.16 bits per heavy atom. The molecule has 0 amide bonds. The fraction of sp³-hybridized carbons (Fsp3) is 0.312. The number of benzene rings is 1. The molecule has 0 bridgehead atoms. The molecule has 2 rings (SSSR count). The van der Waals surface area contributed by atoms with E-state index >= 15 is 0 Å². The second-order valence-electron chi connectivity index (χ2n) is 4.70. The summed E-state index contributed by atoms with van der Waals surface area (Å²) in [4.78, 5) is 4.24. The highest BCUT2D eigenvalue weighted by Crippen LogP contribution is 2.31. The highest BCUT2D eigenvalue weighted by molar-refractivity contribution is 6.32. The van der Waals surface area contributed by atoms with Crippen LogP contribution in [0.3, 0.4) is 0 Å². The zero-order valence-corrected chi connectivity index (χ0v) is 12.3. The van der Waals surface area contributed by atoms with E-state index in [1.54, 1.807) is 0 Å². The van der Waals surface area contributed by atoms with Crippen LogP contribution in [0.2, 0.25) is 5.02 Å². The maximum absolute atomic E-state index is 6.47. The molecule has 0 saturated carbocycles. The van der Waals surface area contributed by atoms with E-state index in [4.69, 9.17) is 11.6 Å². The van der Waals surface area contributed by atoms with Gasteiger partial charge in [-0.05, 0) is 48.7 Å². The molecule has 19 heavy (non-hydrogen) atoms. The molecule has 0 spiro atoms. The maximum Gasteiger partial charge on any atom is 0.0609 e. The molecule has 100 valence electrons. The van der Waals surface area contributed by atoms with Crippen LogP contribution in [0.15, 0.2) is 36.7 Å². The number of hydrogen-bond acceptors (Lipinski definition) is 2. The number of pyridine rings is 1. The van der Waals surface area contributed by atoms with E-state index in [2.05, 4.69) is 30.2 Å². The van der Waals surface area contributed by atoms with Crippen molar-refractivity contribution >= 4 is 11.6 Å². The quantitative estimate of drug-likeness (QED) is 0.910. The van der Waals surface area contributed by atoms with Crippen LogP contribution in [-0.4, -0.2) is 11.5 Å². The molecule has 0 fully saturated rings. The lowest BCUT2D eigenvalue weighted by Gasteiger charge is -2.22. The van der Waals surface area contributed by atoms with Crippen LogP contribution in [0.5, 0.6) is 0 Å². The Labute approximate surface area is 119 Å². The number of nitrogens with zero attached hydrogens (tertiary/aromatic N) is 1. The van der Waals surface area contributed by atoms with Crippen molar-refractivity contribution in [3.63, 3.8) is 0 Å². The maximum atomic E-state index is 6.47. The number of nitrogens with one attached hydrogen (secondary N) is 1. The van der Waals surface area contributed by atoms with E-state index in [1.165, 1.54) is 11.1 Å². The first kappa shape index (κ1) is 14.0. The Kier molecular flexibility index (Phi) is 4.56. The van der Waals surface area contributed by atoms with Crippen molar-refractivity contribution in [2.24, 2.45) is 0 Å². The summed E-state index contributed by atoms with van der Waals surface area (Å²) in [6.07, 6.45) is 3.74. The van der Waals surface area contributed by atoms with Crippen molar-refractivity contribution in [2.45, 2.75) is 26.8 Å². The minimum absolute atomic E-state index is 0.0890. The molecule has 2 nitrogen and oxygen atoms in total. The first-order valence-electron chi connectivity index (χ1n) is 6.54. The molecular formula is C16H19ClN2. The summed E-state index contributed by atoms with van der Waals surface area (Å²) in [6, 6.07) is 8.28. The Balaban J connectivity index is 2.52. The van der Waals surface area contributed by atoms with Crippen molar-refractivity contribution in [1.29, 1.82) is 0 Å². The topological polar surface area (TPSA) is 24.9 Å². The van der Waals surface area contributed by atoms with Crippen LogP contribution < -0.4 is 5.32 Å². The largest absolute Gasteiger partial charge is 0.306 e. The lowest BCUT2D eigenvalue weighted by molar-refractivity contribution is 0.625. The predicted molar refractivity (Wildman–Crippen MR) is 80.7 cm³/mol. The van der Waals surface area contributed by atoms with Gasteiger partial charge in [-0.25, -0.2) is 0 Å². The Bertz CT molecular complexity index is 566. The van der Waals surface area contributed by atoms with E-state index in [1.807, 2.05) is 37.5 Å².